The second-order valence-corrected chi connectivity index (χ2v) is 6.02. The summed E-state index contributed by atoms with van der Waals surface area (Å²) in [4.78, 5) is 11.4. The van der Waals surface area contributed by atoms with Crippen molar-refractivity contribution in [1.29, 1.82) is 0 Å². The van der Waals surface area contributed by atoms with Crippen LogP contribution in [-0.2, 0) is 18.4 Å². The normalized spacial score (nSPS) is 16.7. The van der Waals surface area contributed by atoms with Crippen LogP contribution in [0.15, 0.2) is 27.8 Å². The predicted octanol–water partition coefficient (Wildman–Crippen LogP) is 2.20. The van der Waals surface area contributed by atoms with Gasteiger partial charge in [-0.1, -0.05) is 6.08 Å². The molecule has 0 saturated carbocycles. The van der Waals surface area contributed by atoms with Crippen molar-refractivity contribution in [2.45, 2.75) is 20.8 Å². The van der Waals surface area contributed by atoms with E-state index in [1.54, 1.807) is 19.9 Å². The zero-order valence-corrected chi connectivity index (χ0v) is 12.0. The number of Topliss-reactive ketones (excluding diaryl/α,β-unsaturated/α-hetero) is 1. The van der Waals surface area contributed by atoms with Gasteiger partial charge in [-0.25, -0.2) is 0 Å². The van der Waals surface area contributed by atoms with Crippen LogP contribution < -0.4 is 5.43 Å². The molecule has 0 spiro atoms. The molecule has 7 heteroatoms. The van der Waals surface area contributed by atoms with Gasteiger partial charge >= 0.3 is 7.60 Å². The van der Waals surface area contributed by atoms with Crippen LogP contribution in [0.4, 0.5) is 0 Å². The second-order valence-electron chi connectivity index (χ2n) is 3.85. The highest BCUT2D eigenvalue weighted by atomic mass is 31.2. The van der Waals surface area contributed by atoms with Crippen LogP contribution in [0.25, 0.3) is 0 Å². The molecule has 0 aromatic carbocycles. The maximum absolute atomic E-state index is 12.3. The van der Waals surface area contributed by atoms with Gasteiger partial charge in [0.05, 0.1) is 0 Å². The smallest absolute Gasteiger partial charge is 0.308 e. The molecule has 100 valence electrons. The molecular formula is C11H17N2O4P. The van der Waals surface area contributed by atoms with Crippen LogP contribution in [0, 0.1) is 0 Å². The van der Waals surface area contributed by atoms with E-state index < -0.39 is 7.60 Å². The Kier molecular flexibility index (Phi) is 4.62. The summed E-state index contributed by atoms with van der Waals surface area (Å²) in [6.07, 6.45) is 1.72. The van der Waals surface area contributed by atoms with Gasteiger partial charge in [-0.05, 0) is 25.0 Å². The monoisotopic (exact) mass is 272 g/mol. The van der Waals surface area contributed by atoms with Gasteiger partial charge in [-0.2, -0.15) is 5.10 Å². The fourth-order valence-corrected chi connectivity index (χ4v) is 2.82. The molecule has 1 aliphatic heterocycles. The first-order valence-corrected chi connectivity index (χ1v) is 6.86. The molecule has 6 nitrogen and oxygen atoms in total. The fourth-order valence-electron chi connectivity index (χ4n) is 1.64. The van der Waals surface area contributed by atoms with Gasteiger partial charge in [0.2, 0.25) is 0 Å². The summed E-state index contributed by atoms with van der Waals surface area (Å²) in [5.41, 5.74) is 4.50. The first kappa shape index (κ1) is 14.8. The van der Waals surface area contributed by atoms with Crippen molar-refractivity contribution in [3.8, 4) is 0 Å². The third-order valence-electron chi connectivity index (χ3n) is 2.54. The molecule has 0 unspecified atom stereocenters. The number of carbonyl (C=O) groups is 1. The lowest BCUT2D eigenvalue weighted by atomic mass is 10.1. The SMILES string of the molecule is COP(=O)(OC)C1=C(C)C=C(C)C(C(C)=O)=NN1. The highest BCUT2D eigenvalue weighted by molar-refractivity contribution is 7.58. The molecule has 0 bridgehead atoms. The molecular weight excluding hydrogens is 255 g/mol. The molecule has 0 fully saturated rings. The number of nitrogens with one attached hydrogen (secondary N) is 1. The number of carbonyl (C=O) groups excluding carboxylic acids is 1. The van der Waals surface area contributed by atoms with E-state index in [2.05, 4.69) is 10.5 Å². The third kappa shape index (κ3) is 2.77. The van der Waals surface area contributed by atoms with Gasteiger partial charge in [-0.3, -0.25) is 14.8 Å². The van der Waals surface area contributed by atoms with Crippen LogP contribution in [0.1, 0.15) is 20.8 Å². The van der Waals surface area contributed by atoms with Gasteiger partial charge < -0.3 is 9.05 Å². The van der Waals surface area contributed by atoms with Crippen molar-refractivity contribution in [3.63, 3.8) is 0 Å². The van der Waals surface area contributed by atoms with E-state index in [-0.39, 0.29) is 11.2 Å². The Morgan fingerprint density at radius 3 is 2.33 bits per heavy atom. The number of ketones is 1. The van der Waals surface area contributed by atoms with Crippen molar-refractivity contribution in [2.24, 2.45) is 5.10 Å². The number of allylic oxidation sites excluding steroid dienone is 3. The van der Waals surface area contributed by atoms with Crippen LogP contribution in [0.2, 0.25) is 0 Å². The van der Waals surface area contributed by atoms with E-state index in [9.17, 15) is 9.36 Å². The summed E-state index contributed by atoms with van der Waals surface area (Å²) in [5.74, 6) is -0.171. The maximum atomic E-state index is 12.3. The van der Waals surface area contributed by atoms with Crippen LogP contribution in [0.3, 0.4) is 0 Å². The van der Waals surface area contributed by atoms with Gasteiger partial charge in [0.1, 0.15) is 11.1 Å². The molecule has 1 heterocycles. The predicted molar refractivity (Wildman–Crippen MR) is 69.3 cm³/mol. The maximum Gasteiger partial charge on any atom is 0.378 e. The Morgan fingerprint density at radius 2 is 1.89 bits per heavy atom. The number of nitrogens with zero attached hydrogens (tertiary/aromatic N) is 1. The topological polar surface area (TPSA) is 77.0 Å². The molecule has 1 aliphatic rings. The van der Waals surface area contributed by atoms with Crippen molar-refractivity contribution in [2.75, 3.05) is 14.2 Å². The van der Waals surface area contributed by atoms with Crippen LogP contribution in [-0.4, -0.2) is 25.7 Å². The zero-order valence-electron chi connectivity index (χ0n) is 11.1. The molecule has 0 aromatic heterocycles. The molecule has 18 heavy (non-hydrogen) atoms. The summed E-state index contributed by atoms with van der Waals surface area (Å²) in [7, 11) is -0.828. The van der Waals surface area contributed by atoms with E-state index in [0.717, 1.165) is 0 Å². The van der Waals surface area contributed by atoms with Crippen LogP contribution in [0.5, 0.6) is 0 Å². The molecule has 0 radical (unpaired) electrons. The molecule has 0 atom stereocenters. The Hall–Kier alpha value is -1.23. The average Bonchev–Trinajstić information content (AvgIpc) is 2.47. The van der Waals surface area contributed by atoms with Crippen molar-refractivity contribution in [1.82, 2.24) is 5.43 Å². The minimum atomic E-state index is -3.42. The molecule has 0 saturated heterocycles. The number of rotatable bonds is 4. The molecule has 0 amide bonds. The van der Waals surface area contributed by atoms with Crippen molar-refractivity contribution in [3.05, 3.63) is 22.7 Å². The largest absolute Gasteiger partial charge is 0.378 e. The fraction of sp³-hybridized carbons (Fsp3) is 0.455. The van der Waals surface area contributed by atoms with Crippen molar-refractivity contribution < 1.29 is 18.4 Å². The van der Waals surface area contributed by atoms with E-state index in [1.165, 1.54) is 21.1 Å². The summed E-state index contributed by atoms with van der Waals surface area (Å²) in [6.45, 7) is 4.93. The van der Waals surface area contributed by atoms with Gasteiger partial charge in [0.25, 0.3) is 0 Å². The molecule has 1 rings (SSSR count). The quantitative estimate of drug-likeness (QED) is 0.794. The highest BCUT2D eigenvalue weighted by Gasteiger charge is 2.31. The third-order valence-corrected chi connectivity index (χ3v) is 4.50. The van der Waals surface area contributed by atoms with Gasteiger partial charge in [0.15, 0.2) is 5.78 Å². The minimum Gasteiger partial charge on any atom is -0.308 e. The number of hydrazone groups is 1. The Labute approximate surface area is 106 Å². The lowest BCUT2D eigenvalue weighted by Gasteiger charge is -2.17. The highest BCUT2D eigenvalue weighted by Crippen LogP contribution is 2.54. The second kappa shape index (κ2) is 5.61. The molecule has 1 N–H and O–H groups in total. The zero-order chi connectivity index (χ0) is 13.9. The van der Waals surface area contributed by atoms with Crippen LogP contribution >= 0.6 is 7.60 Å². The molecule has 0 aromatic rings. The summed E-state index contributed by atoms with van der Waals surface area (Å²) in [6, 6.07) is 0. The minimum absolute atomic E-state index is 0.171. The number of hydrogen-bond donors (Lipinski definition) is 1. The van der Waals surface area contributed by atoms with E-state index in [1.807, 2.05) is 0 Å². The molecule has 0 aliphatic carbocycles. The Balaban J connectivity index is 3.30. The lowest BCUT2D eigenvalue weighted by Crippen LogP contribution is -2.16. The van der Waals surface area contributed by atoms with Gasteiger partial charge in [0, 0.05) is 21.1 Å². The summed E-state index contributed by atoms with van der Waals surface area (Å²) >= 11 is 0. The summed E-state index contributed by atoms with van der Waals surface area (Å²) < 4.78 is 22.1. The lowest BCUT2D eigenvalue weighted by molar-refractivity contribution is -0.111. The van der Waals surface area contributed by atoms with E-state index in [4.69, 9.17) is 9.05 Å². The average molecular weight is 272 g/mol. The summed E-state index contributed by atoms with van der Waals surface area (Å²) in [5, 5.41) is 3.96. The van der Waals surface area contributed by atoms with Gasteiger partial charge in [-0.15, -0.1) is 0 Å². The standard InChI is InChI=1S/C11H17N2O4P/c1-7-6-8(2)11(18(15,16-4)17-5)13-12-10(7)9(3)14/h6,13H,1-5H3. The van der Waals surface area contributed by atoms with E-state index in [0.29, 0.717) is 16.9 Å². The first-order chi connectivity index (χ1) is 8.35. The van der Waals surface area contributed by atoms with Crippen molar-refractivity contribution >= 4 is 19.1 Å². The Morgan fingerprint density at radius 1 is 1.33 bits per heavy atom. The number of hydrogen-bond acceptors (Lipinski definition) is 6. The first-order valence-electron chi connectivity index (χ1n) is 5.32. The van der Waals surface area contributed by atoms with E-state index >= 15 is 0 Å². The Bertz CT molecular complexity index is 497.